The Labute approximate surface area is 239 Å². The molecule has 8 heteroatoms. The van der Waals surface area contributed by atoms with Gasteiger partial charge in [0.25, 0.3) is 5.91 Å². The molecule has 0 bridgehead atoms. The number of pyridine rings is 1. The molecule has 1 amide bonds. The summed E-state index contributed by atoms with van der Waals surface area (Å²) in [5, 5.41) is 9.68. The van der Waals surface area contributed by atoms with E-state index in [1.807, 2.05) is 18.2 Å². The number of amides is 1. The molecule has 2 saturated heterocycles. The van der Waals surface area contributed by atoms with Crippen molar-refractivity contribution in [3.05, 3.63) is 96.1 Å². The van der Waals surface area contributed by atoms with Gasteiger partial charge in [-0.3, -0.25) is 4.79 Å². The fourth-order valence-electron chi connectivity index (χ4n) is 5.22. The Hall–Kier alpha value is -4.27. The summed E-state index contributed by atoms with van der Waals surface area (Å²) in [6.45, 7) is 5.46. The molecule has 2 aliphatic heterocycles. The third-order valence-electron chi connectivity index (χ3n) is 7.50. The molecule has 4 aromatic rings. The van der Waals surface area contributed by atoms with Gasteiger partial charge in [0.2, 0.25) is 5.95 Å². The van der Waals surface area contributed by atoms with E-state index in [0.717, 1.165) is 55.9 Å². The first-order chi connectivity index (χ1) is 20.0. The average Bonchev–Trinajstić information content (AvgIpc) is 3.70. The van der Waals surface area contributed by atoms with Crippen LogP contribution >= 0.6 is 0 Å². The molecule has 0 saturated carbocycles. The number of anilines is 1. The Bertz CT molecular complexity index is 1510. The Morgan fingerprint density at radius 3 is 2.07 bits per heavy atom. The van der Waals surface area contributed by atoms with Gasteiger partial charge in [0.15, 0.2) is 0 Å². The van der Waals surface area contributed by atoms with Crippen molar-refractivity contribution in [2.24, 2.45) is 0 Å². The second-order valence-electron chi connectivity index (χ2n) is 10.6. The zero-order chi connectivity index (χ0) is 28.2. The maximum absolute atomic E-state index is 13.6. The molecular weight excluding hydrogens is 519 g/mol. The summed E-state index contributed by atoms with van der Waals surface area (Å²) in [6.07, 6.45) is 3.44. The lowest BCUT2D eigenvalue weighted by molar-refractivity contribution is 0.102. The number of nitrogens with zero attached hydrogens (tertiary/aromatic N) is 1. The number of carbonyl (C=O) groups is 1. The maximum atomic E-state index is 13.6. The van der Waals surface area contributed by atoms with E-state index >= 15 is 0 Å². The van der Waals surface area contributed by atoms with Gasteiger partial charge in [0.1, 0.15) is 23.7 Å². The molecule has 0 spiro atoms. The summed E-state index contributed by atoms with van der Waals surface area (Å²) < 4.78 is 26.2. The van der Waals surface area contributed by atoms with Gasteiger partial charge in [-0.25, -0.2) is 4.98 Å². The molecule has 6 rings (SSSR count). The smallest absolute Gasteiger partial charge is 0.255 e. The number of halogens is 1. The predicted octanol–water partition coefficient (Wildman–Crippen LogP) is 5.60. The summed E-state index contributed by atoms with van der Waals surface area (Å²) in [4.78, 5) is 17.3. The molecule has 1 aromatic heterocycles. The van der Waals surface area contributed by atoms with Crippen LogP contribution in [0.25, 0.3) is 22.3 Å². The van der Waals surface area contributed by atoms with Crippen molar-refractivity contribution in [1.82, 2.24) is 15.6 Å². The van der Waals surface area contributed by atoms with Gasteiger partial charge in [-0.1, -0.05) is 29.8 Å². The van der Waals surface area contributed by atoms with E-state index in [1.54, 1.807) is 24.3 Å². The van der Waals surface area contributed by atoms with E-state index in [9.17, 15) is 9.18 Å². The minimum Gasteiger partial charge on any atom is -0.488 e. The molecule has 0 radical (unpaired) electrons. The van der Waals surface area contributed by atoms with Crippen LogP contribution in [-0.4, -0.2) is 49.3 Å². The van der Waals surface area contributed by atoms with Crippen molar-refractivity contribution in [2.75, 3.05) is 31.5 Å². The van der Waals surface area contributed by atoms with Crippen LogP contribution in [0.4, 0.5) is 10.1 Å². The highest BCUT2D eigenvalue weighted by atomic mass is 19.1. The topological polar surface area (TPSA) is 84.5 Å². The molecule has 3 N–H and O–H groups in total. The van der Waals surface area contributed by atoms with E-state index in [0.29, 0.717) is 28.1 Å². The summed E-state index contributed by atoms with van der Waals surface area (Å²) >= 11 is 0. The summed E-state index contributed by atoms with van der Waals surface area (Å²) in [5.74, 6) is 0.591. The van der Waals surface area contributed by atoms with E-state index in [-0.39, 0.29) is 18.1 Å². The van der Waals surface area contributed by atoms with Crippen molar-refractivity contribution in [3.8, 4) is 33.8 Å². The zero-order valence-electron chi connectivity index (χ0n) is 23.0. The van der Waals surface area contributed by atoms with Crippen molar-refractivity contribution < 1.29 is 18.7 Å². The highest BCUT2D eigenvalue weighted by Crippen LogP contribution is 2.35. The van der Waals surface area contributed by atoms with Crippen LogP contribution in [0.2, 0.25) is 0 Å². The summed E-state index contributed by atoms with van der Waals surface area (Å²) in [7, 11) is 0. The van der Waals surface area contributed by atoms with Gasteiger partial charge in [-0.05, 0) is 86.9 Å². The van der Waals surface area contributed by atoms with Gasteiger partial charge in [0, 0.05) is 47.2 Å². The third-order valence-corrected chi connectivity index (χ3v) is 7.50. The molecule has 7 nitrogen and oxygen atoms in total. The lowest BCUT2D eigenvalue weighted by Gasteiger charge is -2.18. The fourth-order valence-corrected chi connectivity index (χ4v) is 5.22. The monoisotopic (exact) mass is 552 g/mol. The van der Waals surface area contributed by atoms with E-state index in [4.69, 9.17) is 9.47 Å². The van der Waals surface area contributed by atoms with Crippen LogP contribution in [0.15, 0.2) is 79.0 Å². The molecule has 2 atom stereocenters. The molecule has 3 heterocycles. The average molecular weight is 553 g/mol. The number of nitrogens with one attached hydrogen (secondary N) is 3. The number of aryl methyl sites for hydroxylation is 1. The first-order valence-corrected chi connectivity index (χ1v) is 14.0. The quantitative estimate of drug-likeness (QED) is 0.247. The van der Waals surface area contributed by atoms with Crippen LogP contribution in [-0.2, 0) is 0 Å². The standard InChI is InChI=1S/C33H33FN4O3/c1-21-2-4-22(5-3-21)29-17-25(8-10-31(29)41-27-13-15-36-20-27)38-33(39)23-6-9-30(40-26-12-14-35-19-26)28(16-23)24-7-11-32(34)37-18-24/h2-11,16-18,26-27,35-36H,12-15,19-20H2,1H3,(H,38,39)/t26-,27-/m0/s1. The largest absolute Gasteiger partial charge is 0.488 e. The fraction of sp³-hybridized carbons (Fsp3) is 0.273. The molecule has 41 heavy (non-hydrogen) atoms. The second kappa shape index (κ2) is 12.1. The normalized spacial score (nSPS) is 18.3. The maximum Gasteiger partial charge on any atom is 0.255 e. The van der Waals surface area contributed by atoms with E-state index in [2.05, 4.69) is 52.1 Å². The van der Waals surface area contributed by atoms with Crippen molar-refractivity contribution >= 4 is 11.6 Å². The Morgan fingerprint density at radius 2 is 1.46 bits per heavy atom. The summed E-state index contributed by atoms with van der Waals surface area (Å²) in [5.41, 5.74) is 5.57. The SMILES string of the molecule is Cc1ccc(-c2cc(NC(=O)c3ccc(O[C@H]4CCNC4)c(-c4ccc(F)nc4)c3)ccc2O[C@H]2CCNC2)cc1. The van der Waals surface area contributed by atoms with E-state index in [1.165, 1.54) is 17.8 Å². The van der Waals surface area contributed by atoms with Gasteiger partial charge >= 0.3 is 0 Å². The third kappa shape index (κ3) is 6.39. The second-order valence-corrected chi connectivity index (χ2v) is 10.6. The molecule has 2 aliphatic rings. The molecule has 0 unspecified atom stereocenters. The van der Waals surface area contributed by atoms with Gasteiger partial charge in [-0.15, -0.1) is 0 Å². The van der Waals surface area contributed by atoms with Gasteiger partial charge in [0.05, 0.1) is 0 Å². The van der Waals surface area contributed by atoms with Crippen LogP contribution in [0.1, 0.15) is 28.8 Å². The van der Waals surface area contributed by atoms with Crippen LogP contribution in [0, 0.1) is 12.9 Å². The number of carbonyl (C=O) groups excluding carboxylic acids is 1. The number of rotatable bonds is 8. The van der Waals surface area contributed by atoms with Crippen LogP contribution < -0.4 is 25.4 Å². The lowest BCUT2D eigenvalue weighted by Crippen LogP contribution is -2.20. The number of ether oxygens (including phenoxy) is 2. The molecule has 210 valence electrons. The predicted molar refractivity (Wildman–Crippen MR) is 158 cm³/mol. The van der Waals surface area contributed by atoms with Crippen molar-refractivity contribution in [3.63, 3.8) is 0 Å². The van der Waals surface area contributed by atoms with E-state index < -0.39 is 5.95 Å². The van der Waals surface area contributed by atoms with Gasteiger partial charge in [-0.2, -0.15) is 4.39 Å². The number of hydrogen-bond acceptors (Lipinski definition) is 6. The minimum atomic E-state index is -0.564. The lowest BCUT2D eigenvalue weighted by atomic mass is 10.0. The highest BCUT2D eigenvalue weighted by molar-refractivity contribution is 6.05. The molecule has 0 aliphatic carbocycles. The number of benzene rings is 3. The Morgan fingerprint density at radius 1 is 0.829 bits per heavy atom. The Kier molecular flexibility index (Phi) is 7.93. The van der Waals surface area contributed by atoms with Crippen LogP contribution in [0.3, 0.4) is 0 Å². The van der Waals surface area contributed by atoms with Gasteiger partial charge < -0.3 is 25.4 Å². The Balaban J connectivity index is 1.29. The minimum absolute atomic E-state index is 0.0303. The first-order valence-electron chi connectivity index (χ1n) is 14.0. The molecule has 2 fully saturated rings. The molecular formula is C33H33FN4O3. The zero-order valence-corrected chi connectivity index (χ0v) is 23.0. The first kappa shape index (κ1) is 26.9. The van der Waals surface area contributed by atoms with Crippen LogP contribution in [0.5, 0.6) is 11.5 Å². The number of hydrogen-bond donors (Lipinski definition) is 3. The summed E-state index contributed by atoms with van der Waals surface area (Å²) in [6, 6.07) is 22.3. The van der Waals surface area contributed by atoms with Crippen molar-refractivity contribution in [1.29, 1.82) is 0 Å². The van der Waals surface area contributed by atoms with Crippen molar-refractivity contribution in [2.45, 2.75) is 32.0 Å². The highest BCUT2D eigenvalue weighted by Gasteiger charge is 2.21. The number of aromatic nitrogens is 1. The molecule has 3 aromatic carbocycles.